The normalized spacial score (nSPS) is 11.6. The van der Waals surface area contributed by atoms with Crippen molar-refractivity contribution in [2.45, 2.75) is 27.1 Å². The first kappa shape index (κ1) is 27.8. The summed E-state index contributed by atoms with van der Waals surface area (Å²) in [6.45, 7) is 3.32. The van der Waals surface area contributed by atoms with Crippen LogP contribution in [0.15, 0.2) is 121 Å². The van der Waals surface area contributed by atoms with E-state index in [1.54, 1.807) is 0 Å². The summed E-state index contributed by atoms with van der Waals surface area (Å²) in [7, 11) is 0. The monoisotopic (exact) mass is 598 g/mol. The smallest absolute Gasteiger partial charge is 0.302 e. The van der Waals surface area contributed by atoms with Crippen molar-refractivity contribution in [1.82, 2.24) is 0 Å². The van der Waals surface area contributed by atoms with E-state index in [-0.39, 0.29) is 25.2 Å². The second kappa shape index (κ2) is 11.0. The van der Waals surface area contributed by atoms with Crippen LogP contribution in [0.2, 0.25) is 0 Å². The number of carbonyl (C=O) groups is 2. The molecule has 0 atom stereocenters. The summed E-state index contributed by atoms with van der Waals surface area (Å²) in [5.41, 5.74) is 4.16. The SMILES string of the molecule is CC(=O)OCc1ccc2ccc3c4ccccc4cc(-c4cc5ccccc5c5ccc6ccc(COC(C)=O)cc6c45)c3c2c1. The fraction of sp³-hybridized carbons (Fsp3) is 0.0952. The zero-order valence-corrected chi connectivity index (χ0v) is 25.6. The molecule has 0 unspecified atom stereocenters. The number of hydrogen-bond acceptors (Lipinski definition) is 4. The molecule has 46 heavy (non-hydrogen) atoms. The second-order valence-corrected chi connectivity index (χ2v) is 11.9. The molecule has 0 spiro atoms. The molecule has 0 radical (unpaired) electrons. The van der Waals surface area contributed by atoms with Crippen LogP contribution in [0.4, 0.5) is 0 Å². The van der Waals surface area contributed by atoms with Gasteiger partial charge in [-0.15, -0.1) is 0 Å². The highest BCUT2D eigenvalue weighted by Gasteiger charge is 2.18. The third-order valence-electron chi connectivity index (χ3n) is 8.99. The Balaban J connectivity index is 1.54. The van der Waals surface area contributed by atoms with E-state index in [0.29, 0.717) is 0 Å². The van der Waals surface area contributed by atoms with Gasteiger partial charge in [0.05, 0.1) is 0 Å². The Labute approximate surface area is 265 Å². The molecule has 8 rings (SSSR count). The highest BCUT2D eigenvalue weighted by atomic mass is 16.5. The molecule has 0 fully saturated rings. The number of ether oxygens (including phenoxy) is 2. The number of carbonyl (C=O) groups excluding carboxylic acids is 2. The van der Waals surface area contributed by atoms with Crippen molar-refractivity contribution in [3.8, 4) is 11.1 Å². The third kappa shape index (κ3) is 4.70. The quantitative estimate of drug-likeness (QED) is 0.146. The first-order chi connectivity index (χ1) is 22.4. The van der Waals surface area contributed by atoms with E-state index in [9.17, 15) is 9.59 Å². The minimum Gasteiger partial charge on any atom is -0.461 e. The van der Waals surface area contributed by atoms with Gasteiger partial charge in [-0.05, 0) is 111 Å². The van der Waals surface area contributed by atoms with E-state index in [2.05, 4.69) is 109 Å². The summed E-state index contributed by atoms with van der Waals surface area (Å²) in [5.74, 6) is -0.598. The van der Waals surface area contributed by atoms with Gasteiger partial charge < -0.3 is 9.47 Å². The van der Waals surface area contributed by atoms with E-state index < -0.39 is 0 Å². The van der Waals surface area contributed by atoms with Gasteiger partial charge >= 0.3 is 11.9 Å². The highest BCUT2D eigenvalue weighted by Crippen LogP contribution is 2.45. The molecule has 0 bridgehead atoms. The van der Waals surface area contributed by atoms with Crippen molar-refractivity contribution in [1.29, 1.82) is 0 Å². The predicted octanol–water partition coefficient (Wildman–Crippen LogP) is 10.4. The lowest BCUT2D eigenvalue weighted by Crippen LogP contribution is -1.99. The molecular weight excluding hydrogens is 568 g/mol. The molecule has 8 aromatic rings. The van der Waals surface area contributed by atoms with Gasteiger partial charge in [-0.3, -0.25) is 9.59 Å². The molecule has 8 aromatic carbocycles. The van der Waals surface area contributed by atoms with Crippen molar-refractivity contribution < 1.29 is 19.1 Å². The van der Waals surface area contributed by atoms with E-state index in [0.717, 1.165) is 65.3 Å². The summed E-state index contributed by atoms with van der Waals surface area (Å²) in [5, 5.41) is 13.8. The first-order valence-electron chi connectivity index (χ1n) is 15.5. The number of rotatable bonds is 5. The minimum atomic E-state index is -0.299. The topological polar surface area (TPSA) is 52.6 Å². The standard InChI is InChI=1S/C42H30O4/c1-25(43)45-23-27-11-13-29-15-17-35-33-9-5-3-7-31(33)21-39(41(35)37(29)19-27)40-22-32-8-4-6-10-34(32)36-18-16-30-14-12-28(24-46-26(2)44)20-38(30)42(36)40/h3-22H,23-24H2,1-2H3. The fourth-order valence-electron chi connectivity index (χ4n) is 6.93. The number of benzene rings is 8. The van der Waals surface area contributed by atoms with Crippen molar-refractivity contribution in [3.05, 3.63) is 132 Å². The lowest BCUT2D eigenvalue weighted by Gasteiger charge is -2.19. The van der Waals surface area contributed by atoms with Gasteiger partial charge in [-0.1, -0.05) is 97.1 Å². The van der Waals surface area contributed by atoms with Gasteiger partial charge in [0.15, 0.2) is 0 Å². The largest absolute Gasteiger partial charge is 0.461 e. The zero-order chi connectivity index (χ0) is 31.4. The molecule has 0 aromatic heterocycles. The van der Waals surface area contributed by atoms with Crippen LogP contribution in [-0.2, 0) is 32.3 Å². The number of hydrogen-bond donors (Lipinski definition) is 0. The van der Waals surface area contributed by atoms with Crippen LogP contribution in [0.3, 0.4) is 0 Å². The molecule has 0 aliphatic carbocycles. The Morgan fingerprint density at radius 1 is 0.435 bits per heavy atom. The molecule has 4 heteroatoms. The maximum absolute atomic E-state index is 11.7. The Morgan fingerprint density at radius 3 is 1.28 bits per heavy atom. The lowest BCUT2D eigenvalue weighted by molar-refractivity contribution is -0.143. The number of esters is 2. The van der Waals surface area contributed by atoms with Crippen molar-refractivity contribution >= 4 is 76.6 Å². The van der Waals surface area contributed by atoms with Gasteiger partial charge in [-0.25, -0.2) is 0 Å². The Hall–Kier alpha value is -5.74. The van der Waals surface area contributed by atoms with Crippen LogP contribution < -0.4 is 0 Å². The maximum atomic E-state index is 11.7. The lowest BCUT2D eigenvalue weighted by atomic mass is 9.85. The summed E-state index contributed by atoms with van der Waals surface area (Å²) in [6.07, 6.45) is 0. The Morgan fingerprint density at radius 2 is 0.848 bits per heavy atom. The minimum absolute atomic E-state index is 0.221. The molecule has 4 nitrogen and oxygen atoms in total. The molecule has 0 amide bonds. The van der Waals surface area contributed by atoms with E-state index >= 15 is 0 Å². The van der Waals surface area contributed by atoms with Gasteiger partial charge in [0.2, 0.25) is 0 Å². The molecule has 0 saturated carbocycles. The maximum Gasteiger partial charge on any atom is 0.302 e. The summed E-state index contributed by atoms with van der Waals surface area (Å²) >= 11 is 0. The van der Waals surface area contributed by atoms with Crippen LogP contribution in [0.1, 0.15) is 25.0 Å². The number of fused-ring (bicyclic) bond motifs is 10. The summed E-state index contributed by atoms with van der Waals surface area (Å²) in [4.78, 5) is 23.3. The second-order valence-electron chi connectivity index (χ2n) is 11.9. The van der Waals surface area contributed by atoms with Crippen LogP contribution >= 0.6 is 0 Å². The Kier molecular flexibility index (Phi) is 6.65. The van der Waals surface area contributed by atoms with Crippen molar-refractivity contribution in [3.63, 3.8) is 0 Å². The van der Waals surface area contributed by atoms with Crippen LogP contribution in [0.25, 0.3) is 75.8 Å². The van der Waals surface area contributed by atoms with Gasteiger partial charge in [0.25, 0.3) is 0 Å². The average molecular weight is 599 g/mol. The van der Waals surface area contributed by atoms with E-state index in [4.69, 9.17) is 9.47 Å². The molecule has 222 valence electrons. The molecule has 0 aliphatic rings. The highest BCUT2D eigenvalue weighted by molar-refractivity contribution is 6.29. The third-order valence-corrected chi connectivity index (χ3v) is 8.99. The van der Waals surface area contributed by atoms with Crippen LogP contribution in [0, 0.1) is 0 Å². The molecule has 0 aliphatic heterocycles. The van der Waals surface area contributed by atoms with Crippen LogP contribution in [-0.4, -0.2) is 11.9 Å². The molecule has 0 saturated heterocycles. The van der Waals surface area contributed by atoms with E-state index in [1.165, 1.54) is 35.4 Å². The summed E-state index contributed by atoms with van der Waals surface area (Å²) < 4.78 is 10.8. The van der Waals surface area contributed by atoms with Crippen LogP contribution in [0.5, 0.6) is 0 Å². The Bertz CT molecular complexity index is 2360. The average Bonchev–Trinajstić information content (AvgIpc) is 3.08. The summed E-state index contributed by atoms with van der Waals surface area (Å²) in [6, 6.07) is 43.2. The first-order valence-corrected chi connectivity index (χ1v) is 15.5. The van der Waals surface area contributed by atoms with Crippen molar-refractivity contribution in [2.75, 3.05) is 0 Å². The molecule has 0 heterocycles. The molecule has 0 N–H and O–H groups in total. The predicted molar refractivity (Wildman–Crippen MR) is 188 cm³/mol. The van der Waals surface area contributed by atoms with Gasteiger partial charge in [-0.2, -0.15) is 0 Å². The fourth-order valence-corrected chi connectivity index (χ4v) is 6.93. The van der Waals surface area contributed by atoms with Gasteiger partial charge in [0.1, 0.15) is 13.2 Å². The molecular formula is C42H30O4. The van der Waals surface area contributed by atoms with Gasteiger partial charge in [0, 0.05) is 13.8 Å². The zero-order valence-electron chi connectivity index (χ0n) is 25.6. The van der Waals surface area contributed by atoms with E-state index in [1.807, 2.05) is 12.1 Å². The van der Waals surface area contributed by atoms with Crippen molar-refractivity contribution in [2.24, 2.45) is 0 Å².